The van der Waals surface area contributed by atoms with E-state index >= 15 is 0 Å². The molecule has 0 spiro atoms. The summed E-state index contributed by atoms with van der Waals surface area (Å²) in [6.07, 6.45) is 0. The molecule has 0 saturated carbocycles. The second-order valence-electron chi connectivity index (χ2n) is 2.22. The van der Waals surface area contributed by atoms with E-state index in [1.54, 1.807) is 12.1 Å². The number of nitrogens with zero attached hydrogens (tertiary/aromatic N) is 4. The van der Waals surface area contributed by atoms with Crippen molar-refractivity contribution in [2.75, 3.05) is 7.11 Å². The first-order valence-corrected chi connectivity index (χ1v) is 3.44. The van der Waals surface area contributed by atoms with Crippen molar-refractivity contribution in [3.8, 4) is 11.8 Å². The lowest BCUT2D eigenvalue weighted by molar-refractivity contribution is 0.415. The molecule has 0 radical (unpaired) electrons. The third-order valence-corrected chi connectivity index (χ3v) is 1.42. The van der Waals surface area contributed by atoms with Crippen LogP contribution in [0.25, 0.3) is 10.4 Å². The molecular formula is C8H6N4O. The van der Waals surface area contributed by atoms with E-state index in [1.807, 2.05) is 6.07 Å². The Labute approximate surface area is 74.8 Å². The van der Waals surface area contributed by atoms with E-state index in [0.29, 0.717) is 17.0 Å². The van der Waals surface area contributed by atoms with Gasteiger partial charge in [0.1, 0.15) is 5.75 Å². The number of hydrogen-bond donors (Lipinski definition) is 0. The van der Waals surface area contributed by atoms with E-state index < -0.39 is 0 Å². The molecule has 0 aromatic heterocycles. The van der Waals surface area contributed by atoms with Gasteiger partial charge in [-0.1, -0.05) is 5.11 Å². The number of methoxy groups -OCH3 is 1. The molecule has 0 N–H and O–H groups in total. The van der Waals surface area contributed by atoms with Gasteiger partial charge in [0, 0.05) is 10.6 Å². The number of ether oxygens (including phenoxy) is 1. The second-order valence-corrected chi connectivity index (χ2v) is 2.22. The largest absolute Gasteiger partial charge is 0.497 e. The molecule has 0 bridgehead atoms. The maximum atomic E-state index is 8.61. The molecule has 0 amide bonds. The Kier molecular flexibility index (Phi) is 2.74. The Morgan fingerprint density at radius 3 is 2.85 bits per heavy atom. The van der Waals surface area contributed by atoms with Gasteiger partial charge in [-0.2, -0.15) is 5.26 Å². The molecule has 1 aromatic rings. The SMILES string of the molecule is COc1cc(C#N)cc(N=[N+]=[N-])c1. The molecule has 0 saturated heterocycles. The van der Waals surface area contributed by atoms with E-state index in [1.165, 1.54) is 13.2 Å². The number of nitriles is 1. The van der Waals surface area contributed by atoms with Gasteiger partial charge in [0.25, 0.3) is 0 Å². The van der Waals surface area contributed by atoms with Gasteiger partial charge in [-0.3, -0.25) is 0 Å². The fourth-order valence-electron chi connectivity index (χ4n) is 0.875. The average Bonchev–Trinajstić information content (AvgIpc) is 2.17. The first-order chi connectivity index (χ1) is 6.30. The zero-order valence-electron chi connectivity index (χ0n) is 6.93. The van der Waals surface area contributed by atoms with Gasteiger partial charge in [0.2, 0.25) is 0 Å². The van der Waals surface area contributed by atoms with Crippen molar-refractivity contribution in [1.29, 1.82) is 5.26 Å². The quantitative estimate of drug-likeness (QED) is 0.392. The van der Waals surface area contributed by atoms with Crippen LogP contribution in [0.1, 0.15) is 5.56 Å². The molecule has 1 rings (SSSR count). The van der Waals surface area contributed by atoms with Crippen LogP contribution in [-0.2, 0) is 0 Å². The highest BCUT2D eigenvalue weighted by Gasteiger charge is 1.98. The van der Waals surface area contributed by atoms with Gasteiger partial charge in [0.15, 0.2) is 0 Å². The maximum Gasteiger partial charge on any atom is 0.120 e. The van der Waals surface area contributed by atoms with Crippen LogP contribution in [0.15, 0.2) is 23.3 Å². The zero-order valence-corrected chi connectivity index (χ0v) is 6.93. The van der Waals surface area contributed by atoms with Crippen molar-refractivity contribution in [3.05, 3.63) is 34.2 Å². The van der Waals surface area contributed by atoms with Crippen LogP contribution in [0, 0.1) is 11.3 Å². The van der Waals surface area contributed by atoms with Crippen LogP contribution < -0.4 is 4.74 Å². The zero-order chi connectivity index (χ0) is 9.68. The van der Waals surface area contributed by atoms with Crippen molar-refractivity contribution in [2.45, 2.75) is 0 Å². The number of benzene rings is 1. The minimum absolute atomic E-state index is 0.374. The third-order valence-electron chi connectivity index (χ3n) is 1.42. The molecule has 13 heavy (non-hydrogen) atoms. The lowest BCUT2D eigenvalue weighted by Crippen LogP contribution is -1.83. The van der Waals surface area contributed by atoms with E-state index in [-0.39, 0.29) is 0 Å². The summed E-state index contributed by atoms with van der Waals surface area (Å²) in [5.74, 6) is 0.501. The molecule has 0 aliphatic rings. The van der Waals surface area contributed by atoms with Gasteiger partial charge < -0.3 is 4.74 Å². The number of azide groups is 1. The first kappa shape index (κ1) is 8.91. The summed E-state index contributed by atoms with van der Waals surface area (Å²) in [7, 11) is 1.48. The predicted octanol–water partition coefficient (Wildman–Crippen LogP) is 2.51. The molecular weight excluding hydrogens is 168 g/mol. The van der Waals surface area contributed by atoms with Crippen molar-refractivity contribution in [2.24, 2.45) is 5.11 Å². The third kappa shape index (κ3) is 2.12. The Hall–Kier alpha value is -2.18. The fourth-order valence-corrected chi connectivity index (χ4v) is 0.875. The molecule has 0 unspecified atom stereocenters. The summed E-state index contributed by atoms with van der Waals surface area (Å²) >= 11 is 0. The standard InChI is InChI=1S/C8H6N4O/c1-13-8-3-6(5-9)2-7(4-8)11-12-10/h2-4H,1H3. The molecule has 0 aliphatic heterocycles. The van der Waals surface area contributed by atoms with E-state index in [4.69, 9.17) is 15.5 Å². The Balaban J connectivity index is 3.24. The summed E-state index contributed by atoms with van der Waals surface area (Å²) in [5, 5.41) is 12.0. The van der Waals surface area contributed by atoms with Crippen LogP contribution >= 0.6 is 0 Å². The summed E-state index contributed by atoms with van der Waals surface area (Å²) in [6, 6.07) is 6.55. The summed E-state index contributed by atoms with van der Waals surface area (Å²) in [4.78, 5) is 2.62. The van der Waals surface area contributed by atoms with Gasteiger partial charge in [0.05, 0.1) is 18.7 Å². The molecule has 5 heteroatoms. The summed E-state index contributed by atoms with van der Waals surface area (Å²) in [5.41, 5.74) is 8.96. The fraction of sp³-hybridized carbons (Fsp3) is 0.125. The molecule has 64 valence electrons. The molecule has 0 aliphatic carbocycles. The number of rotatable bonds is 2. The predicted molar refractivity (Wildman–Crippen MR) is 46.5 cm³/mol. The molecule has 5 nitrogen and oxygen atoms in total. The number of hydrogen-bond acceptors (Lipinski definition) is 3. The lowest BCUT2D eigenvalue weighted by atomic mass is 10.2. The minimum atomic E-state index is 0.374. The second kappa shape index (κ2) is 4.00. The molecule has 0 fully saturated rings. The van der Waals surface area contributed by atoms with E-state index in [9.17, 15) is 0 Å². The normalized spacial score (nSPS) is 8.31. The average molecular weight is 174 g/mol. The highest BCUT2D eigenvalue weighted by Crippen LogP contribution is 2.22. The molecule has 0 atom stereocenters. The Morgan fingerprint density at radius 2 is 2.31 bits per heavy atom. The highest BCUT2D eigenvalue weighted by atomic mass is 16.5. The van der Waals surface area contributed by atoms with Crippen molar-refractivity contribution in [1.82, 2.24) is 0 Å². The minimum Gasteiger partial charge on any atom is -0.497 e. The monoisotopic (exact) mass is 174 g/mol. The lowest BCUT2D eigenvalue weighted by Gasteiger charge is -2.00. The van der Waals surface area contributed by atoms with Crippen LogP contribution in [0.3, 0.4) is 0 Å². The maximum absolute atomic E-state index is 8.61. The van der Waals surface area contributed by atoms with Gasteiger partial charge in [-0.25, -0.2) is 0 Å². The van der Waals surface area contributed by atoms with Gasteiger partial charge in [-0.15, -0.1) is 0 Å². The van der Waals surface area contributed by atoms with Crippen LogP contribution in [0.4, 0.5) is 5.69 Å². The van der Waals surface area contributed by atoms with Gasteiger partial charge in [-0.05, 0) is 23.7 Å². The van der Waals surface area contributed by atoms with Gasteiger partial charge >= 0.3 is 0 Å². The van der Waals surface area contributed by atoms with Crippen LogP contribution in [-0.4, -0.2) is 7.11 Å². The Bertz CT molecular complexity index is 401. The summed E-state index contributed by atoms with van der Waals surface area (Å²) < 4.78 is 4.91. The van der Waals surface area contributed by atoms with E-state index in [2.05, 4.69) is 10.0 Å². The first-order valence-electron chi connectivity index (χ1n) is 3.44. The highest BCUT2D eigenvalue weighted by molar-refractivity contribution is 5.50. The van der Waals surface area contributed by atoms with E-state index in [0.717, 1.165) is 0 Å². The molecule has 1 aromatic carbocycles. The smallest absolute Gasteiger partial charge is 0.120 e. The molecule has 0 heterocycles. The Morgan fingerprint density at radius 1 is 1.54 bits per heavy atom. The van der Waals surface area contributed by atoms with Crippen molar-refractivity contribution >= 4 is 5.69 Å². The van der Waals surface area contributed by atoms with Crippen LogP contribution in [0.2, 0.25) is 0 Å². The van der Waals surface area contributed by atoms with Crippen molar-refractivity contribution < 1.29 is 4.74 Å². The topological polar surface area (TPSA) is 81.8 Å². The van der Waals surface area contributed by atoms with Crippen molar-refractivity contribution in [3.63, 3.8) is 0 Å². The van der Waals surface area contributed by atoms with Crippen LogP contribution in [0.5, 0.6) is 5.75 Å². The summed E-state index contributed by atoms with van der Waals surface area (Å²) in [6.45, 7) is 0.